The molecule has 1 aromatic heterocycles. The van der Waals surface area contributed by atoms with E-state index in [1.807, 2.05) is 26.2 Å². The quantitative estimate of drug-likeness (QED) is 0.665. The molecule has 2 unspecified atom stereocenters. The van der Waals surface area contributed by atoms with Crippen LogP contribution in [0.5, 0.6) is 5.75 Å². The first-order chi connectivity index (χ1) is 13.5. The van der Waals surface area contributed by atoms with Crippen LogP contribution in [-0.2, 0) is 9.59 Å². The number of carbonyl (C=O) groups is 3. The molecule has 2 aromatic rings. The van der Waals surface area contributed by atoms with Gasteiger partial charge in [-0.25, -0.2) is 4.90 Å². The molecule has 0 saturated carbocycles. The minimum absolute atomic E-state index is 0.00645. The second-order valence-electron chi connectivity index (χ2n) is 6.66. The molecule has 28 heavy (non-hydrogen) atoms. The molecule has 0 N–H and O–H groups in total. The molecule has 148 valence electrons. The van der Waals surface area contributed by atoms with Gasteiger partial charge in [-0.2, -0.15) is 0 Å². The van der Waals surface area contributed by atoms with Crippen molar-refractivity contribution in [3.05, 3.63) is 46.7 Å². The molecular weight excluding hydrogens is 376 g/mol. The lowest BCUT2D eigenvalue weighted by atomic mass is 10.1. The molecule has 1 aromatic carbocycles. The van der Waals surface area contributed by atoms with Gasteiger partial charge >= 0.3 is 0 Å². The average Bonchev–Trinajstić information content (AvgIpc) is 3.32. The Bertz CT molecular complexity index is 848. The highest BCUT2D eigenvalue weighted by molar-refractivity contribution is 7.12. The van der Waals surface area contributed by atoms with Crippen LogP contribution in [0.25, 0.3) is 0 Å². The molecule has 0 aliphatic carbocycles. The first-order valence-corrected chi connectivity index (χ1v) is 10.3. The lowest BCUT2D eigenvalue weighted by Crippen LogP contribution is -2.49. The second kappa shape index (κ2) is 8.56. The zero-order valence-electron chi connectivity index (χ0n) is 16.3. The van der Waals surface area contributed by atoms with Gasteiger partial charge in [0.25, 0.3) is 11.8 Å². The Labute approximate surface area is 168 Å². The molecule has 7 heteroatoms. The Hall–Kier alpha value is -2.67. The summed E-state index contributed by atoms with van der Waals surface area (Å²) >= 11 is 1.34. The summed E-state index contributed by atoms with van der Waals surface area (Å²) in [6, 6.07) is 9.45. The van der Waals surface area contributed by atoms with Gasteiger partial charge in [-0.15, -0.1) is 11.3 Å². The largest absolute Gasteiger partial charge is 0.494 e. The summed E-state index contributed by atoms with van der Waals surface area (Å²) in [7, 11) is 0. The molecule has 0 bridgehead atoms. The number of ether oxygens (including phenoxy) is 1. The Morgan fingerprint density at radius 2 is 1.96 bits per heavy atom. The summed E-state index contributed by atoms with van der Waals surface area (Å²) in [5, 5.41) is 1.83. The summed E-state index contributed by atoms with van der Waals surface area (Å²) in [5.41, 5.74) is 0.494. The fourth-order valence-corrected chi connectivity index (χ4v) is 4.00. The van der Waals surface area contributed by atoms with Crippen molar-refractivity contribution < 1.29 is 19.1 Å². The zero-order chi connectivity index (χ0) is 20.3. The number of nitrogens with zero attached hydrogens (tertiary/aromatic N) is 2. The number of hydrogen-bond acceptors (Lipinski definition) is 5. The highest BCUT2D eigenvalue weighted by Gasteiger charge is 2.45. The number of benzene rings is 1. The van der Waals surface area contributed by atoms with Crippen LogP contribution in [0.15, 0.2) is 41.8 Å². The van der Waals surface area contributed by atoms with Gasteiger partial charge < -0.3 is 9.64 Å². The summed E-state index contributed by atoms with van der Waals surface area (Å²) in [6.45, 7) is 6.30. The molecule has 0 radical (unpaired) electrons. The van der Waals surface area contributed by atoms with E-state index in [0.29, 0.717) is 29.3 Å². The van der Waals surface area contributed by atoms with Crippen molar-refractivity contribution in [3.8, 4) is 5.75 Å². The van der Waals surface area contributed by atoms with Gasteiger partial charge in [-0.05, 0) is 56.0 Å². The van der Waals surface area contributed by atoms with E-state index in [1.54, 1.807) is 41.3 Å². The maximum Gasteiger partial charge on any atom is 0.264 e. The fourth-order valence-electron chi connectivity index (χ4n) is 3.34. The Morgan fingerprint density at radius 3 is 2.54 bits per heavy atom. The highest BCUT2D eigenvalue weighted by atomic mass is 32.1. The van der Waals surface area contributed by atoms with Crippen molar-refractivity contribution in [2.75, 3.05) is 11.5 Å². The number of imide groups is 1. The fraction of sp³-hybridized carbons (Fsp3) is 0.381. The molecule has 6 nitrogen and oxygen atoms in total. The number of thiophene rings is 1. The molecule has 1 aliphatic heterocycles. The zero-order valence-corrected chi connectivity index (χ0v) is 17.1. The van der Waals surface area contributed by atoms with Gasteiger partial charge in [-0.1, -0.05) is 13.0 Å². The van der Waals surface area contributed by atoms with Crippen molar-refractivity contribution in [1.29, 1.82) is 0 Å². The topological polar surface area (TPSA) is 66.9 Å². The lowest BCUT2D eigenvalue weighted by molar-refractivity contribution is -0.122. The molecule has 3 rings (SSSR count). The molecule has 1 aliphatic rings. The van der Waals surface area contributed by atoms with Gasteiger partial charge in [0.15, 0.2) is 0 Å². The van der Waals surface area contributed by atoms with Gasteiger partial charge in [0.1, 0.15) is 11.8 Å². The molecule has 1 saturated heterocycles. The van der Waals surface area contributed by atoms with Gasteiger partial charge in [0.05, 0.1) is 23.6 Å². The standard InChI is InChI=1S/C21H24N2O4S/c1-4-14(3)22(21(26)18-7-6-12-28-18)17-13-19(24)23(20(17)25)15-8-10-16(11-9-15)27-5-2/h6-12,14,17H,4-5,13H2,1-3H3. The van der Waals surface area contributed by atoms with Crippen LogP contribution < -0.4 is 9.64 Å². The molecule has 3 amide bonds. The molecule has 1 fully saturated rings. The summed E-state index contributed by atoms with van der Waals surface area (Å²) < 4.78 is 5.42. The van der Waals surface area contributed by atoms with Gasteiger partial charge in [-0.3, -0.25) is 14.4 Å². The monoisotopic (exact) mass is 400 g/mol. The van der Waals surface area contributed by atoms with E-state index in [9.17, 15) is 14.4 Å². The van der Waals surface area contributed by atoms with Crippen LogP contribution >= 0.6 is 11.3 Å². The third kappa shape index (κ3) is 3.80. The maximum atomic E-state index is 13.1. The summed E-state index contributed by atoms with van der Waals surface area (Å²) in [5.74, 6) is -0.189. The Kier molecular flexibility index (Phi) is 6.14. The highest BCUT2D eigenvalue weighted by Crippen LogP contribution is 2.30. The third-order valence-electron chi connectivity index (χ3n) is 4.90. The predicted molar refractivity (Wildman–Crippen MR) is 109 cm³/mol. The average molecular weight is 401 g/mol. The van der Waals surface area contributed by atoms with E-state index in [0.717, 1.165) is 0 Å². The minimum atomic E-state index is -0.788. The van der Waals surface area contributed by atoms with E-state index < -0.39 is 6.04 Å². The van der Waals surface area contributed by atoms with Crippen LogP contribution in [0.3, 0.4) is 0 Å². The van der Waals surface area contributed by atoms with Crippen LogP contribution in [0.2, 0.25) is 0 Å². The normalized spacial score (nSPS) is 17.7. The van der Waals surface area contributed by atoms with Crippen molar-refractivity contribution >= 4 is 34.7 Å². The summed E-state index contributed by atoms with van der Waals surface area (Å²) in [6.07, 6.45) is 0.686. The van der Waals surface area contributed by atoms with Crippen LogP contribution in [0, 0.1) is 0 Å². The van der Waals surface area contributed by atoms with Gasteiger partial charge in [0, 0.05) is 6.04 Å². The Balaban J connectivity index is 1.88. The van der Waals surface area contributed by atoms with Crippen molar-refractivity contribution in [2.24, 2.45) is 0 Å². The molecule has 2 heterocycles. The minimum Gasteiger partial charge on any atom is -0.494 e. The second-order valence-corrected chi connectivity index (χ2v) is 7.61. The van der Waals surface area contributed by atoms with Crippen molar-refractivity contribution in [3.63, 3.8) is 0 Å². The Morgan fingerprint density at radius 1 is 1.25 bits per heavy atom. The van der Waals surface area contributed by atoms with E-state index in [2.05, 4.69) is 0 Å². The van der Waals surface area contributed by atoms with Crippen molar-refractivity contribution in [2.45, 2.75) is 45.7 Å². The smallest absolute Gasteiger partial charge is 0.264 e. The number of anilines is 1. The number of amides is 3. The van der Waals surface area contributed by atoms with E-state index in [4.69, 9.17) is 4.74 Å². The summed E-state index contributed by atoms with van der Waals surface area (Å²) in [4.78, 5) is 42.2. The van der Waals surface area contributed by atoms with Gasteiger partial charge in [0.2, 0.25) is 5.91 Å². The van der Waals surface area contributed by atoms with Crippen LogP contribution in [0.1, 0.15) is 43.3 Å². The van der Waals surface area contributed by atoms with E-state index in [1.165, 1.54) is 16.2 Å². The van der Waals surface area contributed by atoms with E-state index in [-0.39, 0.29) is 30.2 Å². The maximum absolute atomic E-state index is 13.1. The van der Waals surface area contributed by atoms with E-state index >= 15 is 0 Å². The first-order valence-electron chi connectivity index (χ1n) is 9.43. The molecule has 2 atom stereocenters. The predicted octanol–water partition coefficient (Wildman–Crippen LogP) is 3.72. The van der Waals surface area contributed by atoms with Crippen LogP contribution in [-0.4, -0.2) is 41.3 Å². The third-order valence-corrected chi connectivity index (χ3v) is 5.75. The molecule has 0 spiro atoms. The van der Waals surface area contributed by atoms with Crippen molar-refractivity contribution in [1.82, 2.24) is 4.90 Å². The number of carbonyl (C=O) groups excluding carboxylic acids is 3. The molecular formula is C21H24N2O4S. The lowest BCUT2D eigenvalue weighted by Gasteiger charge is -2.32. The number of rotatable bonds is 7. The SMILES string of the molecule is CCOc1ccc(N2C(=O)CC(N(C(=O)c3cccs3)C(C)CC)C2=O)cc1. The van der Waals surface area contributed by atoms with Crippen LogP contribution in [0.4, 0.5) is 5.69 Å². The number of hydrogen-bond donors (Lipinski definition) is 0. The first kappa shape index (κ1) is 20.1.